The van der Waals surface area contributed by atoms with E-state index in [1.54, 1.807) is 12.1 Å². The van der Waals surface area contributed by atoms with E-state index < -0.39 is 15.5 Å². The van der Waals surface area contributed by atoms with Crippen molar-refractivity contribution in [1.82, 2.24) is 5.32 Å². The highest BCUT2D eigenvalue weighted by Gasteiger charge is 2.15. The third-order valence-electron chi connectivity index (χ3n) is 2.83. The van der Waals surface area contributed by atoms with E-state index >= 15 is 0 Å². The smallest absolute Gasteiger partial charge is 0.147 e. The van der Waals surface area contributed by atoms with Crippen LogP contribution in [0.5, 0.6) is 0 Å². The minimum atomic E-state index is -2.84. The van der Waals surface area contributed by atoms with Crippen molar-refractivity contribution >= 4 is 15.4 Å². The lowest BCUT2D eigenvalue weighted by Crippen LogP contribution is -2.43. The molecule has 4 nitrogen and oxygen atoms in total. The topological polar surface area (TPSA) is 56.2 Å². The zero-order valence-electron chi connectivity index (χ0n) is 9.70. The van der Waals surface area contributed by atoms with Crippen molar-refractivity contribution in [3.63, 3.8) is 0 Å². The van der Waals surface area contributed by atoms with Gasteiger partial charge in [0.2, 0.25) is 0 Å². The number of halogens is 1. The maximum absolute atomic E-state index is 13.9. The molecule has 1 aliphatic heterocycles. The Balaban J connectivity index is 2.31. The van der Waals surface area contributed by atoms with Crippen molar-refractivity contribution in [2.24, 2.45) is 0 Å². The lowest BCUT2D eigenvalue weighted by Gasteiger charge is -2.29. The Morgan fingerprint density at radius 1 is 1.41 bits per heavy atom. The summed E-state index contributed by atoms with van der Waals surface area (Å²) >= 11 is 0. The van der Waals surface area contributed by atoms with Gasteiger partial charge in [-0.3, -0.25) is 0 Å². The highest BCUT2D eigenvalue weighted by molar-refractivity contribution is 7.91. The number of hydrogen-bond donors (Lipinski definition) is 2. The maximum atomic E-state index is 13.9. The van der Waals surface area contributed by atoms with Crippen LogP contribution in [0.3, 0.4) is 0 Å². The molecule has 0 saturated carbocycles. The first-order valence-electron chi connectivity index (χ1n) is 5.47. The van der Waals surface area contributed by atoms with Crippen molar-refractivity contribution in [3.8, 4) is 0 Å². The lowest BCUT2D eigenvalue weighted by molar-refractivity contribution is 0.565. The number of benzene rings is 1. The van der Waals surface area contributed by atoms with E-state index in [0.717, 1.165) is 26.2 Å². The van der Waals surface area contributed by atoms with Gasteiger partial charge < -0.3 is 10.2 Å². The summed E-state index contributed by atoms with van der Waals surface area (Å²) in [6.45, 7) is 3.20. The minimum Gasteiger partial charge on any atom is -0.367 e. The van der Waals surface area contributed by atoms with Crippen LogP contribution in [0.15, 0.2) is 23.1 Å². The standard InChI is InChI=1S/C11H16FN3OS/c1-17(13,16)9-2-3-11(10(12)8-9)15-6-4-14-5-7-15/h2-3,8,13-14H,4-7H2,1H3. The second-order valence-corrected chi connectivity index (χ2v) is 6.35. The number of piperazine rings is 1. The molecule has 1 aliphatic rings. The summed E-state index contributed by atoms with van der Waals surface area (Å²) in [5, 5.41) is 3.20. The summed E-state index contributed by atoms with van der Waals surface area (Å²) in [7, 11) is -2.84. The normalized spacial score (nSPS) is 20.0. The van der Waals surface area contributed by atoms with Crippen molar-refractivity contribution in [2.75, 3.05) is 37.3 Å². The van der Waals surface area contributed by atoms with E-state index in [0.29, 0.717) is 5.69 Å². The zero-order chi connectivity index (χ0) is 12.5. The maximum Gasteiger partial charge on any atom is 0.147 e. The summed E-state index contributed by atoms with van der Waals surface area (Å²) < 4.78 is 32.8. The number of hydrogen-bond acceptors (Lipinski definition) is 4. The first-order chi connectivity index (χ1) is 7.98. The molecular weight excluding hydrogens is 241 g/mol. The Bertz CT molecular complexity index is 509. The molecule has 1 unspecified atom stereocenters. The monoisotopic (exact) mass is 257 g/mol. The largest absolute Gasteiger partial charge is 0.367 e. The van der Waals surface area contributed by atoms with Crippen LogP contribution in [-0.2, 0) is 9.73 Å². The molecule has 0 bridgehead atoms. The van der Waals surface area contributed by atoms with Crippen LogP contribution in [0, 0.1) is 10.6 Å². The Labute approximate surface area is 101 Å². The fraction of sp³-hybridized carbons (Fsp3) is 0.455. The van der Waals surface area contributed by atoms with Crippen LogP contribution in [-0.4, -0.2) is 36.6 Å². The molecule has 1 atom stereocenters. The van der Waals surface area contributed by atoms with E-state index in [9.17, 15) is 8.60 Å². The van der Waals surface area contributed by atoms with Gasteiger partial charge in [-0.15, -0.1) is 0 Å². The number of anilines is 1. The van der Waals surface area contributed by atoms with E-state index in [2.05, 4.69) is 5.32 Å². The summed E-state index contributed by atoms with van der Waals surface area (Å²) in [4.78, 5) is 2.20. The molecule has 1 heterocycles. The Kier molecular flexibility index (Phi) is 3.35. The predicted molar refractivity (Wildman–Crippen MR) is 66.5 cm³/mol. The molecule has 2 rings (SSSR count). The number of rotatable bonds is 2. The molecule has 6 heteroatoms. The average Bonchev–Trinajstić information content (AvgIpc) is 2.29. The highest BCUT2D eigenvalue weighted by Crippen LogP contribution is 2.23. The van der Waals surface area contributed by atoms with Crippen molar-refractivity contribution in [2.45, 2.75) is 4.90 Å². The van der Waals surface area contributed by atoms with Crippen molar-refractivity contribution < 1.29 is 8.60 Å². The molecule has 0 spiro atoms. The molecule has 94 valence electrons. The molecule has 0 amide bonds. The van der Waals surface area contributed by atoms with Gasteiger partial charge in [-0.1, -0.05) is 0 Å². The second kappa shape index (κ2) is 4.62. The van der Waals surface area contributed by atoms with Crippen molar-refractivity contribution in [3.05, 3.63) is 24.0 Å². The van der Waals surface area contributed by atoms with Crippen LogP contribution >= 0.6 is 0 Å². The van der Waals surface area contributed by atoms with Gasteiger partial charge >= 0.3 is 0 Å². The lowest BCUT2D eigenvalue weighted by atomic mass is 10.2. The van der Waals surface area contributed by atoms with E-state index in [1.165, 1.54) is 12.3 Å². The fourth-order valence-electron chi connectivity index (χ4n) is 1.89. The van der Waals surface area contributed by atoms with E-state index in [-0.39, 0.29) is 4.90 Å². The van der Waals surface area contributed by atoms with Gasteiger partial charge in [0.05, 0.1) is 15.4 Å². The summed E-state index contributed by atoms with van der Waals surface area (Å²) in [5.41, 5.74) is 0.527. The van der Waals surface area contributed by atoms with Gasteiger partial charge in [0.1, 0.15) is 5.82 Å². The molecule has 1 fully saturated rings. The average molecular weight is 257 g/mol. The Morgan fingerprint density at radius 3 is 2.59 bits per heavy atom. The highest BCUT2D eigenvalue weighted by atomic mass is 32.2. The summed E-state index contributed by atoms with van der Waals surface area (Å²) in [6, 6.07) is 4.41. The molecule has 0 radical (unpaired) electrons. The third-order valence-corrected chi connectivity index (χ3v) is 3.98. The van der Waals surface area contributed by atoms with Gasteiger partial charge in [0.15, 0.2) is 0 Å². The Morgan fingerprint density at radius 2 is 2.06 bits per heavy atom. The molecule has 1 aromatic rings. The van der Waals surface area contributed by atoms with E-state index in [1.807, 2.05) is 4.90 Å². The summed E-state index contributed by atoms with van der Waals surface area (Å²) in [5.74, 6) is -0.397. The Hall–Kier alpha value is -1.14. The first-order valence-corrected chi connectivity index (χ1v) is 7.44. The molecular formula is C11H16FN3OS. The van der Waals surface area contributed by atoms with Crippen LogP contribution in [0.4, 0.5) is 10.1 Å². The van der Waals surface area contributed by atoms with Crippen LogP contribution in [0.25, 0.3) is 0 Å². The second-order valence-electron chi connectivity index (χ2n) is 4.19. The molecule has 17 heavy (non-hydrogen) atoms. The number of nitrogens with zero attached hydrogens (tertiary/aromatic N) is 1. The summed E-state index contributed by atoms with van der Waals surface area (Å²) in [6.07, 6.45) is 1.30. The molecule has 2 N–H and O–H groups in total. The SMILES string of the molecule is CS(=N)(=O)c1ccc(N2CCNCC2)c(F)c1. The van der Waals surface area contributed by atoms with Crippen molar-refractivity contribution in [1.29, 1.82) is 4.78 Å². The predicted octanol–water partition coefficient (Wildman–Crippen LogP) is 1.27. The minimum absolute atomic E-state index is 0.244. The van der Waals surface area contributed by atoms with Gasteiger partial charge in [-0.2, -0.15) is 0 Å². The fourth-order valence-corrected chi connectivity index (χ4v) is 2.55. The molecule has 1 saturated heterocycles. The molecule has 0 aliphatic carbocycles. The third kappa shape index (κ3) is 2.76. The van der Waals surface area contributed by atoms with Crippen LogP contribution in [0.2, 0.25) is 0 Å². The van der Waals surface area contributed by atoms with Gasteiger partial charge in [0, 0.05) is 37.3 Å². The zero-order valence-corrected chi connectivity index (χ0v) is 10.5. The van der Waals surface area contributed by atoms with Gasteiger partial charge in [-0.25, -0.2) is 13.4 Å². The first kappa shape index (κ1) is 12.3. The van der Waals surface area contributed by atoms with Gasteiger partial charge in [0.25, 0.3) is 0 Å². The van der Waals surface area contributed by atoms with Crippen LogP contribution in [0.1, 0.15) is 0 Å². The number of nitrogens with one attached hydrogen (secondary N) is 2. The van der Waals surface area contributed by atoms with E-state index in [4.69, 9.17) is 4.78 Å². The quantitative estimate of drug-likeness (QED) is 0.839. The van der Waals surface area contributed by atoms with Crippen LogP contribution < -0.4 is 10.2 Å². The molecule has 0 aromatic heterocycles. The molecule has 1 aromatic carbocycles. The van der Waals surface area contributed by atoms with Gasteiger partial charge in [-0.05, 0) is 18.2 Å².